The summed E-state index contributed by atoms with van der Waals surface area (Å²) in [7, 11) is 0. The molecule has 7 nitrogen and oxygen atoms in total. The van der Waals surface area contributed by atoms with Gasteiger partial charge in [0.15, 0.2) is 5.69 Å². The Bertz CT molecular complexity index is 1000. The van der Waals surface area contributed by atoms with E-state index in [1.165, 1.54) is 0 Å². The minimum atomic E-state index is -0.137. The number of ether oxygens (including phenoxy) is 1. The maximum Gasteiger partial charge on any atom is 0.276 e. The number of hydrogen-bond acceptors (Lipinski definition) is 6. The highest BCUT2D eigenvalue weighted by molar-refractivity contribution is 6.32. The first-order valence-corrected chi connectivity index (χ1v) is 10.2. The van der Waals surface area contributed by atoms with Crippen LogP contribution in [0.15, 0.2) is 53.2 Å². The zero-order chi connectivity index (χ0) is 20.9. The van der Waals surface area contributed by atoms with Crippen LogP contribution in [-0.4, -0.2) is 52.0 Å². The van der Waals surface area contributed by atoms with Crippen molar-refractivity contribution in [2.24, 2.45) is 0 Å². The minimum Gasteiger partial charge on any atom is -0.487 e. The third-order valence-electron chi connectivity index (χ3n) is 5.17. The second-order valence-electron chi connectivity index (χ2n) is 7.17. The van der Waals surface area contributed by atoms with E-state index in [1.807, 2.05) is 35.2 Å². The molecule has 156 valence electrons. The van der Waals surface area contributed by atoms with Crippen LogP contribution in [0.1, 0.15) is 27.5 Å². The van der Waals surface area contributed by atoms with Crippen LogP contribution < -0.4 is 4.74 Å². The standard InChI is InChI=1S/C22H23ClN4O3/c1-16-18(15-29-20-8-3-2-7-19(20)23)21(25-30-16)22(28)27-12-10-26(11-13-27)14-17-6-4-5-9-24-17/h2-9H,10-15H2,1H3. The van der Waals surface area contributed by atoms with Crippen molar-refractivity contribution in [2.75, 3.05) is 26.2 Å². The Morgan fingerprint density at radius 2 is 1.90 bits per heavy atom. The number of carbonyl (C=O) groups excluding carboxylic acids is 1. The topological polar surface area (TPSA) is 71.7 Å². The third-order valence-corrected chi connectivity index (χ3v) is 5.48. The van der Waals surface area contributed by atoms with Gasteiger partial charge >= 0.3 is 0 Å². The van der Waals surface area contributed by atoms with Crippen LogP contribution in [0, 0.1) is 6.92 Å². The average Bonchev–Trinajstić information content (AvgIpc) is 3.14. The number of aryl methyl sites for hydroxylation is 1. The van der Waals surface area contributed by atoms with E-state index in [-0.39, 0.29) is 12.5 Å². The largest absolute Gasteiger partial charge is 0.487 e. The van der Waals surface area contributed by atoms with Crippen LogP contribution in [0.3, 0.4) is 0 Å². The molecular formula is C22H23ClN4O3. The van der Waals surface area contributed by atoms with Crippen molar-refractivity contribution >= 4 is 17.5 Å². The van der Waals surface area contributed by atoms with Crippen LogP contribution in [-0.2, 0) is 13.2 Å². The molecule has 0 bridgehead atoms. The molecule has 0 N–H and O–H groups in total. The molecule has 3 heterocycles. The predicted octanol–water partition coefficient (Wildman–Crippen LogP) is 3.57. The fourth-order valence-corrected chi connectivity index (χ4v) is 3.61. The van der Waals surface area contributed by atoms with Gasteiger partial charge in [0.25, 0.3) is 5.91 Å². The van der Waals surface area contributed by atoms with E-state index >= 15 is 0 Å². The summed E-state index contributed by atoms with van der Waals surface area (Å²) in [6, 6.07) is 13.1. The Morgan fingerprint density at radius 1 is 1.13 bits per heavy atom. The quantitative estimate of drug-likeness (QED) is 0.600. The van der Waals surface area contributed by atoms with Crippen molar-refractivity contribution < 1.29 is 14.1 Å². The van der Waals surface area contributed by atoms with E-state index in [9.17, 15) is 4.79 Å². The highest BCUT2D eigenvalue weighted by Crippen LogP contribution is 2.26. The van der Waals surface area contributed by atoms with Crippen molar-refractivity contribution in [3.8, 4) is 5.75 Å². The molecule has 0 atom stereocenters. The Hall–Kier alpha value is -2.90. The SMILES string of the molecule is Cc1onc(C(=O)N2CCN(Cc3ccccn3)CC2)c1COc1ccccc1Cl. The van der Waals surface area contributed by atoms with Crippen molar-refractivity contribution in [3.63, 3.8) is 0 Å². The second-order valence-corrected chi connectivity index (χ2v) is 7.58. The first-order chi connectivity index (χ1) is 14.6. The number of aromatic nitrogens is 2. The lowest BCUT2D eigenvalue weighted by Crippen LogP contribution is -2.48. The van der Waals surface area contributed by atoms with Crippen LogP contribution in [0.5, 0.6) is 5.75 Å². The Balaban J connectivity index is 1.38. The van der Waals surface area contributed by atoms with Gasteiger partial charge < -0.3 is 14.2 Å². The summed E-state index contributed by atoms with van der Waals surface area (Å²) in [6.45, 7) is 5.54. The summed E-state index contributed by atoms with van der Waals surface area (Å²) in [5.41, 5.74) is 1.98. The Labute approximate surface area is 180 Å². The molecule has 1 saturated heterocycles. The van der Waals surface area contributed by atoms with Gasteiger partial charge in [-0.05, 0) is 31.2 Å². The summed E-state index contributed by atoms with van der Waals surface area (Å²) in [5, 5.41) is 4.53. The highest BCUT2D eigenvalue weighted by Gasteiger charge is 2.28. The molecule has 3 aromatic rings. The zero-order valence-electron chi connectivity index (χ0n) is 16.8. The minimum absolute atomic E-state index is 0.137. The summed E-state index contributed by atoms with van der Waals surface area (Å²) in [5.74, 6) is 0.989. The normalized spacial score (nSPS) is 14.7. The molecular weight excluding hydrogens is 404 g/mol. The lowest BCUT2D eigenvalue weighted by atomic mass is 10.1. The predicted molar refractivity (Wildman–Crippen MR) is 112 cm³/mol. The van der Waals surface area contributed by atoms with Crippen LogP contribution in [0.2, 0.25) is 5.02 Å². The van der Waals surface area contributed by atoms with Crippen LogP contribution in [0.4, 0.5) is 0 Å². The van der Waals surface area contributed by atoms with E-state index in [0.29, 0.717) is 40.9 Å². The van der Waals surface area contributed by atoms with E-state index in [0.717, 1.165) is 25.3 Å². The number of hydrogen-bond donors (Lipinski definition) is 0. The Morgan fingerprint density at radius 3 is 2.63 bits per heavy atom. The molecule has 8 heteroatoms. The average molecular weight is 427 g/mol. The van der Waals surface area contributed by atoms with E-state index in [1.54, 1.807) is 25.3 Å². The third kappa shape index (κ3) is 4.63. The smallest absolute Gasteiger partial charge is 0.276 e. The molecule has 4 rings (SSSR count). The molecule has 0 radical (unpaired) electrons. The van der Waals surface area contributed by atoms with Crippen LogP contribution in [0.25, 0.3) is 0 Å². The fourth-order valence-electron chi connectivity index (χ4n) is 3.42. The number of piperazine rings is 1. The molecule has 1 aliphatic rings. The monoisotopic (exact) mass is 426 g/mol. The number of carbonyl (C=O) groups is 1. The van der Waals surface area contributed by atoms with Crippen LogP contribution >= 0.6 is 11.6 Å². The van der Waals surface area contributed by atoms with Gasteiger partial charge in [-0.1, -0.05) is 35.0 Å². The molecule has 1 aliphatic heterocycles. The summed E-state index contributed by atoms with van der Waals surface area (Å²) < 4.78 is 11.1. The van der Waals surface area contributed by atoms with Gasteiger partial charge in [-0.25, -0.2) is 0 Å². The van der Waals surface area contributed by atoms with Gasteiger partial charge in [0.05, 0.1) is 16.3 Å². The molecule has 0 saturated carbocycles. The van der Waals surface area contributed by atoms with Gasteiger partial charge in [0.2, 0.25) is 0 Å². The van der Waals surface area contributed by atoms with Gasteiger partial charge in [-0.15, -0.1) is 0 Å². The summed E-state index contributed by atoms with van der Waals surface area (Å²) in [4.78, 5) is 21.5. The number of nitrogens with zero attached hydrogens (tertiary/aromatic N) is 4. The summed E-state index contributed by atoms with van der Waals surface area (Å²) >= 11 is 6.15. The molecule has 1 amide bonds. The van der Waals surface area contributed by atoms with Crippen molar-refractivity contribution in [1.82, 2.24) is 19.9 Å². The van der Waals surface area contributed by atoms with E-state index < -0.39 is 0 Å². The molecule has 0 aliphatic carbocycles. The van der Waals surface area contributed by atoms with Gasteiger partial charge in [0.1, 0.15) is 18.1 Å². The highest BCUT2D eigenvalue weighted by atomic mass is 35.5. The Kier molecular flexibility index (Phi) is 6.30. The first kappa shape index (κ1) is 20.4. The van der Waals surface area contributed by atoms with Crippen molar-refractivity contribution in [2.45, 2.75) is 20.1 Å². The number of pyridine rings is 1. The zero-order valence-corrected chi connectivity index (χ0v) is 17.5. The summed E-state index contributed by atoms with van der Waals surface area (Å²) in [6.07, 6.45) is 1.80. The fraction of sp³-hybridized carbons (Fsp3) is 0.318. The number of para-hydroxylation sites is 1. The molecule has 0 unspecified atom stereocenters. The number of amides is 1. The molecule has 2 aromatic heterocycles. The number of halogens is 1. The van der Waals surface area contributed by atoms with Crippen molar-refractivity contribution in [1.29, 1.82) is 0 Å². The molecule has 1 aromatic carbocycles. The number of benzene rings is 1. The number of rotatable bonds is 6. The maximum atomic E-state index is 13.1. The molecule has 0 spiro atoms. The lowest BCUT2D eigenvalue weighted by molar-refractivity contribution is 0.0615. The lowest BCUT2D eigenvalue weighted by Gasteiger charge is -2.34. The van der Waals surface area contributed by atoms with E-state index in [4.69, 9.17) is 20.9 Å². The van der Waals surface area contributed by atoms with E-state index in [2.05, 4.69) is 15.0 Å². The van der Waals surface area contributed by atoms with Gasteiger partial charge in [-0.3, -0.25) is 14.7 Å². The molecule has 1 fully saturated rings. The maximum absolute atomic E-state index is 13.1. The van der Waals surface area contributed by atoms with Gasteiger partial charge in [-0.2, -0.15) is 0 Å². The first-order valence-electron chi connectivity index (χ1n) is 9.86. The van der Waals surface area contributed by atoms with Gasteiger partial charge in [0, 0.05) is 38.9 Å². The second kappa shape index (κ2) is 9.28. The van der Waals surface area contributed by atoms with Crippen molar-refractivity contribution in [3.05, 3.63) is 76.4 Å². The molecule has 30 heavy (non-hydrogen) atoms.